The number of furan rings is 1. The van der Waals surface area contributed by atoms with E-state index in [0.717, 1.165) is 17.7 Å². The van der Waals surface area contributed by atoms with Gasteiger partial charge in [-0.2, -0.15) is 0 Å². The Morgan fingerprint density at radius 3 is 2.24 bits per heavy atom. The number of hydrogen-bond acceptors (Lipinski definition) is 3. The van der Waals surface area contributed by atoms with E-state index >= 15 is 0 Å². The first kappa shape index (κ1) is 22.1. The maximum atomic E-state index is 13.4. The molecule has 34 heavy (non-hydrogen) atoms. The Balaban J connectivity index is 1.29. The summed E-state index contributed by atoms with van der Waals surface area (Å²) in [6, 6.07) is 28.7. The van der Waals surface area contributed by atoms with Gasteiger partial charge in [0.25, 0.3) is 5.91 Å². The van der Waals surface area contributed by atoms with Crippen LogP contribution in [0.5, 0.6) is 0 Å². The number of carbonyl (C=O) groups excluding carboxylic acids is 1. The fourth-order valence-electron chi connectivity index (χ4n) is 4.48. The molecule has 1 aliphatic rings. The summed E-state index contributed by atoms with van der Waals surface area (Å²) in [5.74, 6) is 0.788. The molecule has 2 heterocycles. The molecule has 3 aromatic carbocycles. The van der Waals surface area contributed by atoms with Crippen LogP contribution in [0.1, 0.15) is 38.6 Å². The quantitative estimate of drug-likeness (QED) is 0.353. The minimum Gasteiger partial charge on any atom is -0.455 e. The van der Waals surface area contributed by atoms with E-state index in [1.807, 2.05) is 41.3 Å². The van der Waals surface area contributed by atoms with Crippen molar-refractivity contribution >= 4 is 5.91 Å². The van der Waals surface area contributed by atoms with Crippen LogP contribution < -0.4 is 0 Å². The van der Waals surface area contributed by atoms with Crippen LogP contribution in [0.3, 0.4) is 0 Å². The van der Waals surface area contributed by atoms with Gasteiger partial charge in [0, 0.05) is 26.2 Å². The van der Waals surface area contributed by atoms with Gasteiger partial charge >= 0.3 is 0 Å². The van der Waals surface area contributed by atoms with Crippen molar-refractivity contribution in [1.82, 2.24) is 9.80 Å². The Labute approximate surface area is 199 Å². The third kappa shape index (κ3) is 5.26. The predicted octanol–water partition coefficient (Wildman–Crippen LogP) is 5.82. The molecule has 5 heteroatoms. The van der Waals surface area contributed by atoms with Gasteiger partial charge in [-0.25, -0.2) is 4.39 Å². The monoisotopic (exact) mass is 454 g/mol. The van der Waals surface area contributed by atoms with Crippen LogP contribution in [0.15, 0.2) is 95.4 Å². The van der Waals surface area contributed by atoms with E-state index in [1.165, 1.54) is 28.8 Å². The van der Waals surface area contributed by atoms with Gasteiger partial charge in [0.15, 0.2) is 5.76 Å². The van der Waals surface area contributed by atoms with Gasteiger partial charge in [-0.05, 0) is 52.9 Å². The smallest absolute Gasteiger partial charge is 0.289 e. The fourth-order valence-corrected chi connectivity index (χ4v) is 4.48. The highest BCUT2D eigenvalue weighted by molar-refractivity contribution is 5.91. The molecule has 5 rings (SSSR count). The normalized spacial score (nSPS) is 13.2. The largest absolute Gasteiger partial charge is 0.455 e. The van der Waals surface area contributed by atoms with Crippen LogP contribution in [-0.4, -0.2) is 22.3 Å². The van der Waals surface area contributed by atoms with Crippen molar-refractivity contribution in [2.24, 2.45) is 0 Å². The number of carbonyl (C=O) groups is 1. The molecule has 1 aliphatic heterocycles. The Hall–Kier alpha value is -3.70. The lowest BCUT2D eigenvalue weighted by molar-refractivity contribution is 0.0698. The fraction of sp³-hybridized carbons (Fsp3) is 0.207. The molecular weight excluding hydrogens is 427 g/mol. The molecule has 0 saturated heterocycles. The van der Waals surface area contributed by atoms with Crippen molar-refractivity contribution < 1.29 is 13.6 Å². The van der Waals surface area contributed by atoms with Crippen molar-refractivity contribution in [3.05, 3.63) is 131 Å². The molecule has 4 nitrogen and oxygen atoms in total. The Morgan fingerprint density at radius 2 is 1.47 bits per heavy atom. The van der Waals surface area contributed by atoms with Crippen LogP contribution >= 0.6 is 0 Å². The molecule has 172 valence electrons. The number of fused-ring (bicyclic) bond motifs is 1. The molecular formula is C29H27FN2O2. The van der Waals surface area contributed by atoms with Gasteiger partial charge < -0.3 is 9.32 Å². The van der Waals surface area contributed by atoms with Crippen molar-refractivity contribution in [3.63, 3.8) is 0 Å². The maximum absolute atomic E-state index is 13.4. The second-order valence-electron chi connectivity index (χ2n) is 8.77. The zero-order chi connectivity index (χ0) is 23.3. The highest BCUT2D eigenvalue weighted by atomic mass is 19.1. The second kappa shape index (κ2) is 10.1. The topological polar surface area (TPSA) is 36.7 Å². The summed E-state index contributed by atoms with van der Waals surface area (Å²) in [5.41, 5.74) is 4.71. The molecule has 0 unspecified atom stereocenters. The van der Waals surface area contributed by atoms with Crippen LogP contribution in [0, 0.1) is 5.82 Å². The summed E-state index contributed by atoms with van der Waals surface area (Å²) in [5, 5.41) is 0. The van der Waals surface area contributed by atoms with E-state index in [4.69, 9.17) is 4.42 Å². The number of rotatable bonds is 7. The van der Waals surface area contributed by atoms with Crippen molar-refractivity contribution in [2.75, 3.05) is 6.54 Å². The first-order valence-electron chi connectivity index (χ1n) is 11.6. The molecule has 0 fully saturated rings. The van der Waals surface area contributed by atoms with Gasteiger partial charge in [-0.1, -0.05) is 66.7 Å². The van der Waals surface area contributed by atoms with Crippen molar-refractivity contribution in [3.8, 4) is 0 Å². The van der Waals surface area contributed by atoms with Crippen molar-refractivity contribution in [2.45, 2.75) is 32.6 Å². The minimum absolute atomic E-state index is 0.0751. The third-order valence-electron chi connectivity index (χ3n) is 6.24. The lowest BCUT2D eigenvalue weighted by Crippen LogP contribution is -2.35. The molecule has 1 amide bonds. The zero-order valence-corrected chi connectivity index (χ0v) is 19.0. The van der Waals surface area contributed by atoms with Gasteiger partial charge in [-0.3, -0.25) is 9.69 Å². The summed E-state index contributed by atoms with van der Waals surface area (Å²) < 4.78 is 19.4. The highest BCUT2D eigenvalue weighted by Crippen LogP contribution is 2.22. The van der Waals surface area contributed by atoms with Gasteiger partial charge in [0.2, 0.25) is 0 Å². The molecule has 0 atom stereocenters. The Kier molecular flexibility index (Phi) is 6.54. The first-order valence-corrected chi connectivity index (χ1v) is 11.6. The molecule has 0 spiro atoms. The van der Waals surface area contributed by atoms with Crippen LogP contribution in [0.25, 0.3) is 0 Å². The van der Waals surface area contributed by atoms with E-state index in [0.29, 0.717) is 38.5 Å². The van der Waals surface area contributed by atoms with Gasteiger partial charge in [-0.15, -0.1) is 0 Å². The standard InChI is InChI=1S/C29H27FN2O2/c30-26-12-10-23(11-13-26)19-31(18-22-6-2-1-3-7-22)21-27-14-15-28(34-27)29(33)32-17-16-24-8-4-5-9-25(24)20-32/h1-15H,16-21H2. The Bertz CT molecular complexity index is 1250. The van der Waals surface area contributed by atoms with Gasteiger partial charge in [0.1, 0.15) is 11.6 Å². The summed E-state index contributed by atoms with van der Waals surface area (Å²) >= 11 is 0. The predicted molar refractivity (Wildman–Crippen MR) is 129 cm³/mol. The number of benzene rings is 3. The van der Waals surface area contributed by atoms with Crippen LogP contribution in [-0.2, 0) is 32.6 Å². The van der Waals surface area contributed by atoms with E-state index in [9.17, 15) is 9.18 Å². The molecule has 1 aromatic heterocycles. The molecule has 4 aromatic rings. The summed E-state index contributed by atoms with van der Waals surface area (Å²) in [7, 11) is 0. The average Bonchev–Trinajstić information content (AvgIpc) is 3.33. The summed E-state index contributed by atoms with van der Waals surface area (Å²) in [6.07, 6.45) is 0.859. The van der Waals surface area contributed by atoms with E-state index < -0.39 is 0 Å². The third-order valence-corrected chi connectivity index (χ3v) is 6.24. The van der Waals surface area contributed by atoms with Gasteiger partial charge in [0.05, 0.1) is 6.54 Å². The van der Waals surface area contributed by atoms with E-state index in [2.05, 4.69) is 29.2 Å². The Morgan fingerprint density at radius 1 is 0.794 bits per heavy atom. The maximum Gasteiger partial charge on any atom is 0.289 e. The lowest BCUT2D eigenvalue weighted by Gasteiger charge is -2.28. The molecule has 0 aliphatic carbocycles. The van der Waals surface area contributed by atoms with E-state index in [1.54, 1.807) is 18.2 Å². The highest BCUT2D eigenvalue weighted by Gasteiger charge is 2.24. The molecule has 0 N–H and O–H groups in total. The van der Waals surface area contributed by atoms with Crippen molar-refractivity contribution in [1.29, 1.82) is 0 Å². The summed E-state index contributed by atoms with van der Waals surface area (Å²) in [6.45, 7) is 3.20. The summed E-state index contributed by atoms with van der Waals surface area (Å²) in [4.78, 5) is 17.2. The second-order valence-corrected chi connectivity index (χ2v) is 8.77. The number of amides is 1. The zero-order valence-electron chi connectivity index (χ0n) is 19.0. The molecule has 0 radical (unpaired) electrons. The van der Waals surface area contributed by atoms with Crippen LogP contribution in [0.4, 0.5) is 4.39 Å². The number of hydrogen-bond donors (Lipinski definition) is 0. The minimum atomic E-state index is -0.243. The molecule has 0 bridgehead atoms. The van der Waals surface area contributed by atoms with Crippen LogP contribution in [0.2, 0.25) is 0 Å². The molecule has 0 saturated carbocycles. The van der Waals surface area contributed by atoms with E-state index in [-0.39, 0.29) is 11.7 Å². The number of halogens is 1. The number of nitrogens with zero attached hydrogens (tertiary/aromatic N) is 2. The SMILES string of the molecule is O=C(c1ccc(CN(Cc2ccccc2)Cc2ccc(F)cc2)o1)N1CCc2ccccc2C1. The first-order chi connectivity index (χ1) is 16.6. The average molecular weight is 455 g/mol. The lowest BCUT2D eigenvalue weighted by atomic mass is 10.00.